The van der Waals surface area contributed by atoms with E-state index in [4.69, 9.17) is 56.7 Å². The number of H-pyrrole nitrogens is 2. The van der Waals surface area contributed by atoms with E-state index >= 15 is 0 Å². The van der Waals surface area contributed by atoms with Crippen LogP contribution in [0, 0.1) is 0 Å². The number of aromatic nitrogens is 8. The van der Waals surface area contributed by atoms with Crippen LogP contribution in [0.25, 0.3) is 22.1 Å². The highest BCUT2D eigenvalue weighted by Gasteiger charge is 2.33. The smallest absolute Gasteiger partial charge is 0.407 e. The van der Waals surface area contributed by atoms with Gasteiger partial charge in [0.05, 0.1) is 34.5 Å². The Morgan fingerprint density at radius 3 is 1.41 bits per heavy atom. The normalized spacial score (nSPS) is 15.5. The minimum absolute atomic E-state index is 0.00237. The summed E-state index contributed by atoms with van der Waals surface area (Å²) in [7, 11) is 0. The zero-order valence-electron chi connectivity index (χ0n) is 48.4. The second-order valence-electron chi connectivity index (χ2n) is 21.5. The molecule has 0 saturated carbocycles. The Kier molecular flexibility index (Phi) is 20.8. The Labute approximate surface area is 523 Å². The van der Waals surface area contributed by atoms with Crippen LogP contribution in [0.3, 0.4) is 0 Å². The topological polar surface area (TPSA) is 298 Å². The van der Waals surface area contributed by atoms with Crippen LogP contribution in [0.2, 0.25) is 5.15 Å². The first kappa shape index (κ1) is 62.8. The summed E-state index contributed by atoms with van der Waals surface area (Å²) in [6.07, 6.45) is 5.01. The fourth-order valence-electron chi connectivity index (χ4n) is 10.2. The summed E-state index contributed by atoms with van der Waals surface area (Å²) in [5, 5.41) is 21.5. The predicted octanol–water partition coefficient (Wildman–Crippen LogP) is 10.6. The molecule has 10 aromatic rings. The molecular weight excluding hydrogens is 1180 g/mol. The van der Waals surface area contributed by atoms with Crippen LogP contribution in [0.4, 0.5) is 39.6 Å². The van der Waals surface area contributed by atoms with E-state index in [9.17, 15) is 19.2 Å². The van der Waals surface area contributed by atoms with Crippen LogP contribution >= 0.6 is 34.8 Å². The molecule has 452 valence electrons. The lowest BCUT2D eigenvalue weighted by Crippen LogP contribution is -2.51. The number of nitrogen functional groups attached to an aromatic ring is 2. The average molecular weight is 1240 g/mol. The quantitative estimate of drug-likeness (QED) is 0.0601. The molecule has 0 bridgehead atoms. The molecule has 21 nitrogen and oxygen atoms in total. The molecule has 0 aliphatic carbocycles. The van der Waals surface area contributed by atoms with Crippen LogP contribution in [-0.4, -0.2) is 113 Å². The zero-order chi connectivity index (χ0) is 62.3. The number of hydrogen-bond acceptors (Lipinski definition) is 15. The number of hydrogen-bond donors (Lipinski definition) is 7. The number of fused-ring (bicyclic) bond motifs is 5. The summed E-state index contributed by atoms with van der Waals surface area (Å²) in [6, 6.07) is 51.4. The van der Waals surface area contributed by atoms with E-state index in [-0.39, 0.29) is 53.1 Å². The van der Waals surface area contributed by atoms with Gasteiger partial charge in [0.2, 0.25) is 11.9 Å². The van der Waals surface area contributed by atoms with E-state index in [1.807, 2.05) is 171 Å². The maximum atomic E-state index is 13.2. The molecule has 24 heteroatoms. The first-order chi connectivity index (χ1) is 42.5. The first-order valence-corrected chi connectivity index (χ1v) is 29.5. The number of benzene rings is 6. The summed E-state index contributed by atoms with van der Waals surface area (Å²) in [5.74, 6) is 0.833. The van der Waals surface area contributed by atoms with Gasteiger partial charge in [-0.15, -0.1) is 23.2 Å². The fraction of sp³-hybridized carbons (Fsp3) is 0.219. The average Bonchev–Trinajstić information content (AvgIpc) is 2.66. The molecule has 3 atom stereocenters. The van der Waals surface area contributed by atoms with Crippen LogP contribution < -0.4 is 42.5 Å². The third-order valence-electron chi connectivity index (χ3n) is 14.0. The van der Waals surface area contributed by atoms with Crippen molar-refractivity contribution in [2.45, 2.75) is 63.8 Å². The van der Waals surface area contributed by atoms with Gasteiger partial charge in [0, 0.05) is 65.5 Å². The number of halogens is 3. The van der Waals surface area contributed by atoms with Crippen molar-refractivity contribution in [3.8, 4) is 0 Å². The molecule has 10 N–H and O–H groups in total. The van der Waals surface area contributed by atoms with Gasteiger partial charge < -0.3 is 47.3 Å². The monoisotopic (exact) mass is 1240 g/mol. The number of carbonyl (C=O) groups excluding carboxylic acids is 4. The highest BCUT2D eigenvalue weighted by atomic mass is 35.5. The Hall–Kier alpha value is -9.67. The van der Waals surface area contributed by atoms with Crippen molar-refractivity contribution in [3.63, 3.8) is 0 Å². The van der Waals surface area contributed by atoms with Crippen LogP contribution in [0.5, 0.6) is 0 Å². The number of nitrogens with one attached hydrogen (secondary N) is 4. The molecule has 6 aromatic carbocycles. The second kappa shape index (κ2) is 29.1. The molecule has 0 fully saturated rings. The molecule has 3 unspecified atom stereocenters. The number of aromatic amines is 2. The number of ether oxygens (including phenoxy) is 1. The Balaban J connectivity index is 0.000000143. The Morgan fingerprint density at radius 2 is 0.932 bits per heavy atom. The number of anilines is 6. The highest BCUT2D eigenvalue weighted by molar-refractivity contribution is 6.40. The molecule has 0 radical (unpaired) electrons. The molecule has 0 spiro atoms. The summed E-state index contributed by atoms with van der Waals surface area (Å²) < 4.78 is 5.36. The third-order valence-corrected chi connectivity index (χ3v) is 14.2. The molecule has 7 heterocycles. The van der Waals surface area contributed by atoms with Gasteiger partial charge in [-0.05, 0) is 111 Å². The van der Waals surface area contributed by atoms with Crippen molar-refractivity contribution in [3.05, 3.63) is 215 Å². The molecule has 4 amide bonds. The van der Waals surface area contributed by atoms with Crippen molar-refractivity contribution in [2.24, 2.45) is 5.73 Å². The largest absolute Gasteiger partial charge is 0.444 e. The molecule has 4 aromatic heterocycles. The first-order valence-electron chi connectivity index (χ1n) is 28.0. The lowest BCUT2D eigenvalue weighted by molar-refractivity contribution is 0.0502. The minimum Gasteiger partial charge on any atom is -0.444 e. The summed E-state index contributed by atoms with van der Waals surface area (Å²) >= 11 is 15.2. The van der Waals surface area contributed by atoms with Crippen molar-refractivity contribution in [2.75, 3.05) is 56.5 Å². The van der Waals surface area contributed by atoms with E-state index in [0.717, 1.165) is 52.0 Å². The lowest BCUT2D eigenvalue weighted by Gasteiger charge is -2.35. The van der Waals surface area contributed by atoms with E-state index in [2.05, 4.69) is 57.0 Å². The van der Waals surface area contributed by atoms with E-state index < -0.39 is 11.7 Å². The molecule has 13 rings (SSSR count). The number of carbonyl (C=O) groups is 4. The Bertz CT molecular complexity index is 4000. The summed E-state index contributed by atoms with van der Waals surface area (Å²) in [5.41, 5.74) is 25.9. The number of nitrogens with zero attached hydrogens (tertiary/aromatic N) is 9. The van der Waals surface area contributed by atoms with Crippen molar-refractivity contribution < 1.29 is 23.9 Å². The number of amides is 4. The third kappa shape index (κ3) is 16.0. The standard InChI is InChI=1S/C21H19N7O.C21H24N2O3.C16H16N2O.C5H4ClN5.CH2Cl2/c22-21-25-18(16-11-23-27-19(16)26-21)24-15-10-14-8-4-5-9-17(14)28(12-15)20(29)13-6-2-1-3-7-13;1-21(2,3)26-20(25)22-17-13-16-11-7-8-12-18(16)23(14-17)19(24)15-9-5-4-6-10-15;17-14-10-13-8-4-5-9-15(13)18(11-14)16(19)12-6-2-1-3-7-12;6-3-2-1-8-11-4(2)10-5(7)9-3;2-1-3/h1-9,11,15H,10,12H2,(H4,22,23,24,25,26,27);4-12,17H,13-14H2,1-3H3,(H,22,25);1-9,14H,10-11,17H2;1H,(H3,7,8,9,10,11);1H2. The molecule has 0 saturated heterocycles. The molecule has 3 aliphatic heterocycles. The number of alkyl carbamates (subject to hydrolysis) is 1. The van der Waals surface area contributed by atoms with Crippen molar-refractivity contribution in [1.82, 2.24) is 45.6 Å². The van der Waals surface area contributed by atoms with Crippen LogP contribution in [-0.2, 0) is 24.0 Å². The molecular formula is C64H65Cl3N16O5. The lowest BCUT2D eigenvalue weighted by atomic mass is 9.97. The van der Waals surface area contributed by atoms with Gasteiger partial charge in [-0.1, -0.05) is 121 Å². The van der Waals surface area contributed by atoms with Gasteiger partial charge in [-0.3, -0.25) is 24.6 Å². The summed E-state index contributed by atoms with van der Waals surface area (Å²) in [6.45, 7) is 6.97. The summed E-state index contributed by atoms with van der Waals surface area (Å²) in [4.78, 5) is 72.4. The van der Waals surface area contributed by atoms with Gasteiger partial charge in [-0.25, -0.2) is 9.78 Å². The number of nitrogens with two attached hydrogens (primary N) is 3. The second-order valence-corrected chi connectivity index (χ2v) is 22.6. The molecule has 3 aliphatic rings. The predicted molar refractivity (Wildman–Crippen MR) is 347 cm³/mol. The van der Waals surface area contributed by atoms with Gasteiger partial charge in [0.25, 0.3) is 17.7 Å². The number of para-hydroxylation sites is 3. The van der Waals surface area contributed by atoms with Crippen LogP contribution in [0.15, 0.2) is 176 Å². The van der Waals surface area contributed by atoms with Gasteiger partial charge in [0.1, 0.15) is 16.6 Å². The van der Waals surface area contributed by atoms with Crippen LogP contribution in [0.1, 0.15) is 68.5 Å². The van der Waals surface area contributed by atoms with Gasteiger partial charge in [-0.2, -0.15) is 25.1 Å². The minimum atomic E-state index is -0.559. The van der Waals surface area contributed by atoms with E-state index in [1.165, 1.54) is 0 Å². The maximum Gasteiger partial charge on any atom is 0.407 e. The van der Waals surface area contributed by atoms with Gasteiger partial charge in [0.15, 0.2) is 11.3 Å². The van der Waals surface area contributed by atoms with E-state index in [0.29, 0.717) is 70.4 Å². The van der Waals surface area contributed by atoms with Crippen molar-refractivity contribution in [1.29, 1.82) is 0 Å². The van der Waals surface area contributed by atoms with E-state index in [1.54, 1.807) is 34.3 Å². The number of rotatable bonds is 6. The maximum absolute atomic E-state index is 13.2. The molecule has 88 heavy (non-hydrogen) atoms. The number of alkyl halides is 2. The zero-order valence-corrected chi connectivity index (χ0v) is 50.6. The SMILES string of the molecule is CC(C)(C)OC(=O)NC1Cc2ccccc2N(C(=O)c2ccccc2)C1.ClCCl.NC1Cc2ccccc2N(C(=O)c2ccccc2)C1.Nc1nc(Cl)c2cn[nH]c2n1.Nc1nc(NC2Cc3ccccc3N(C(=O)c3ccccc3)C2)c2cn[nH]c2n1. The fourth-order valence-corrected chi connectivity index (χ4v) is 10.5. The van der Waals surface area contributed by atoms with Gasteiger partial charge >= 0.3 is 6.09 Å². The van der Waals surface area contributed by atoms with Crippen molar-refractivity contribution >= 4 is 115 Å². The highest BCUT2D eigenvalue weighted by Crippen LogP contribution is 2.33. The Morgan fingerprint density at radius 1 is 0.545 bits per heavy atom.